The molecule has 1 saturated carbocycles. The molecule has 1 aliphatic heterocycles. The van der Waals surface area contributed by atoms with Crippen LogP contribution in [0.25, 0.3) is 0 Å². The van der Waals surface area contributed by atoms with Crippen molar-refractivity contribution in [2.24, 2.45) is 5.92 Å². The molecule has 17 heavy (non-hydrogen) atoms. The Hall–Kier alpha value is -0.120. The second kappa shape index (κ2) is 6.17. The Labute approximate surface area is 106 Å². The van der Waals surface area contributed by atoms with Crippen LogP contribution in [-0.4, -0.2) is 49.8 Å². The van der Waals surface area contributed by atoms with Crippen LogP contribution >= 0.6 is 0 Å². The van der Waals surface area contributed by atoms with Gasteiger partial charge in [-0.1, -0.05) is 13.8 Å². The smallest absolute Gasteiger partial charge is 0.0586 e. The lowest BCUT2D eigenvalue weighted by Crippen LogP contribution is -2.34. The summed E-state index contributed by atoms with van der Waals surface area (Å²) in [5, 5.41) is 3.57. The van der Waals surface area contributed by atoms with Gasteiger partial charge in [0.25, 0.3) is 0 Å². The fraction of sp³-hybridized carbons (Fsp3) is 1.00. The molecule has 3 heteroatoms. The lowest BCUT2D eigenvalue weighted by Gasteiger charge is -2.24. The molecule has 3 unspecified atom stereocenters. The zero-order valence-electron chi connectivity index (χ0n) is 11.6. The molecule has 0 amide bonds. The van der Waals surface area contributed by atoms with E-state index in [1.807, 2.05) is 7.11 Å². The Bertz CT molecular complexity index is 232. The molecule has 2 fully saturated rings. The van der Waals surface area contributed by atoms with Gasteiger partial charge in [0.15, 0.2) is 0 Å². The van der Waals surface area contributed by atoms with E-state index in [-0.39, 0.29) is 0 Å². The van der Waals surface area contributed by atoms with Gasteiger partial charge >= 0.3 is 0 Å². The van der Waals surface area contributed by atoms with Crippen LogP contribution in [0.2, 0.25) is 0 Å². The lowest BCUT2D eigenvalue weighted by atomic mass is 10.1. The van der Waals surface area contributed by atoms with Crippen LogP contribution in [0.1, 0.15) is 39.5 Å². The monoisotopic (exact) mass is 240 g/mol. The molecule has 3 nitrogen and oxygen atoms in total. The molecule has 0 aromatic heterocycles. The first kappa shape index (κ1) is 13.3. The molecule has 1 N–H and O–H groups in total. The summed E-state index contributed by atoms with van der Waals surface area (Å²) in [7, 11) is 1.85. The second-order valence-electron chi connectivity index (χ2n) is 6.04. The van der Waals surface area contributed by atoms with Crippen LogP contribution < -0.4 is 5.32 Å². The summed E-state index contributed by atoms with van der Waals surface area (Å²) in [6.45, 7) is 8.24. The van der Waals surface area contributed by atoms with Crippen LogP contribution in [0.5, 0.6) is 0 Å². The van der Waals surface area contributed by atoms with Crippen molar-refractivity contribution in [2.45, 2.75) is 57.7 Å². The van der Waals surface area contributed by atoms with Crippen molar-refractivity contribution < 1.29 is 4.74 Å². The minimum Gasteiger partial charge on any atom is -0.381 e. The van der Waals surface area contributed by atoms with Gasteiger partial charge in [-0.2, -0.15) is 0 Å². The average molecular weight is 240 g/mol. The molecule has 2 aliphatic rings. The summed E-state index contributed by atoms with van der Waals surface area (Å²) in [4.78, 5) is 2.70. The summed E-state index contributed by atoms with van der Waals surface area (Å²) in [6, 6.07) is 1.41. The molecule has 3 atom stereocenters. The fourth-order valence-electron chi connectivity index (χ4n) is 3.23. The average Bonchev–Trinajstić information content (AvgIpc) is 2.94. The molecule has 1 aliphatic carbocycles. The van der Waals surface area contributed by atoms with E-state index in [4.69, 9.17) is 4.74 Å². The van der Waals surface area contributed by atoms with Gasteiger partial charge in [-0.3, -0.25) is 4.90 Å². The van der Waals surface area contributed by atoms with Crippen LogP contribution in [-0.2, 0) is 4.74 Å². The number of hydrogen-bond donors (Lipinski definition) is 1. The highest BCUT2D eigenvalue weighted by Crippen LogP contribution is 2.29. The Kier molecular flexibility index (Phi) is 4.83. The van der Waals surface area contributed by atoms with Crippen molar-refractivity contribution in [2.75, 3.05) is 26.7 Å². The summed E-state index contributed by atoms with van der Waals surface area (Å²) >= 11 is 0. The van der Waals surface area contributed by atoms with E-state index in [9.17, 15) is 0 Å². The number of ether oxygens (including phenoxy) is 1. The molecule has 1 saturated heterocycles. The second-order valence-corrected chi connectivity index (χ2v) is 6.04. The number of nitrogens with zero attached hydrogens (tertiary/aromatic N) is 1. The number of hydrogen-bond acceptors (Lipinski definition) is 3. The predicted molar refractivity (Wildman–Crippen MR) is 71.3 cm³/mol. The van der Waals surface area contributed by atoms with Crippen molar-refractivity contribution in [1.29, 1.82) is 0 Å². The third-order valence-corrected chi connectivity index (χ3v) is 4.34. The largest absolute Gasteiger partial charge is 0.381 e. The number of likely N-dealkylation sites (tertiary alicyclic amines) is 1. The normalized spacial score (nSPS) is 34.9. The molecule has 100 valence electrons. The van der Waals surface area contributed by atoms with Crippen molar-refractivity contribution in [3.8, 4) is 0 Å². The van der Waals surface area contributed by atoms with Crippen LogP contribution in [0.4, 0.5) is 0 Å². The van der Waals surface area contributed by atoms with E-state index in [1.165, 1.54) is 45.3 Å². The van der Waals surface area contributed by atoms with Crippen molar-refractivity contribution >= 4 is 0 Å². The van der Waals surface area contributed by atoms with Crippen LogP contribution in [0, 0.1) is 5.92 Å². The number of methoxy groups -OCH3 is 1. The minimum atomic E-state index is 0.521. The summed E-state index contributed by atoms with van der Waals surface area (Å²) in [5.41, 5.74) is 0. The highest BCUT2D eigenvalue weighted by molar-refractivity contribution is 4.88. The van der Waals surface area contributed by atoms with Gasteiger partial charge in [-0.25, -0.2) is 0 Å². The van der Waals surface area contributed by atoms with Crippen LogP contribution in [0.15, 0.2) is 0 Å². The van der Waals surface area contributed by atoms with Crippen molar-refractivity contribution in [1.82, 2.24) is 10.2 Å². The number of nitrogens with one attached hydrogen (secondary N) is 1. The van der Waals surface area contributed by atoms with Crippen molar-refractivity contribution in [3.63, 3.8) is 0 Å². The first-order chi connectivity index (χ1) is 8.19. The quantitative estimate of drug-likeness (QED) is 0.794. The highest BCUT2D eigenvalue weighted by atomic mass is 16.5. The highest BCUT2D eigenvalue weighted by Gasteiger charge is 2.33. The van der Waals surface area contributed by atoms with Gasteiger partial charge in [0.05, 0.1) is 6.10 Å². The van der Waals surface area contributed by atoms with Gasteiger partial charge in [0.1, 0.15) is 0 Å². The number of rotatable bonds is 5. The van der Waals surface area contributed by atoms with E-state index in [1.54, 1.807) is 0 Å². The van der Waals surface area contributed by atoms with Gasteiger partial charge in [-0.15, -0.1) is 0 Å². The third-order valence-electron chi connectivity index (χ3n) is 4.34. The zero-order chi connectivity index (χ0) is 12.3. The van der Waals surface area contributed by atoms with E-state index in [0.717, 1.165) is 12.0 Å². The Morgan fingerprint density at radius 1 is 1.29 bits per heavy atom. The zero-order valence-corrected chi connectivity index (χ0v) is 11.6. The molecule has 0 spiro atoms. The molecule has 2 rings (SSSR count). The fourth-order valence-corrected chi connectivity index (χ4v) is 3.23. The Morgan fingerprint density at radius 2 is 2.12 bits per heavy atom. The standard InChI is InChI=1S/C14H28N2O/c1-11(2)15-9-12-6-7-16(10-12)13-4-5-14(8-13)17-3/h11-15H,4-10H2,1-3H3. The topological polar surface area (TPSA) is 24.5 Å². The maximum absolute atomic E-state index is 5.47. The van der Waals surface area contributed by atoms with E-state index < -0.39 is 0 Å². The van der Waals surface area contributed by atoms with Gasteiger partial charge < -0.3 is 10.1 Å². The first-order valence-electron chi connectivity index (χ1n) is 7.19. The third kappa shape index (κ3) is 3.67. The van der Waals surface area contributed by atoms with Crippen molar-refractivity contribution in [3.05, 3.63) is 0 Å². The molecule has 0 aromatic rings. The summed E-state index contributed by atoms with van der Waals surface area (Å²) < 4.78 is 5.47. The van der Waals surface area contributed by atoms with Gasteiger partial charge in [0, 0.05) is 25.7 Å². The van der Waals surface area contributed by atoms with E-state index in [0.29, 0.717) is 12.1 Å². The molecular formula is C14H28N2O. The summed E-state index contributed by atoms with van der Waals surface area (Å²) in [6.07, 6.45) is 5.73. The van der Waals surface area contributed by atoms with E-state index in [2.05, 4.69) is 24.1 Å². The van der Waals surface area contributed by atoms with E-state index >= 15 is 0 Å². The molecule has 1 heterocycles. The predicted octanol–water partition coefficient (Wildman–Crippen LogP) is 1.87. The Balaban J connectivity index is 1.71. The van der Waals surface area contributed by atoms with Crippen LogP contribution in [0.3, 0.4) is 0 Å². The summed E-state index contributed by atoms with van der Waals surface area (Å²) in [5.74, 6) is 0.860. The SMILES string of the molecule is COC1CCC(N2CCC(CNC(C)C)C2)C1. The molecule has 0 aromatic carbocycles. The van der Waals surface area contributed by atoms with Gasteiger partial charge in [-0.05, 0) is 44.7 Å². The first-order valence-corrected chi connectivity index (χ1v) is 7.19. The maximum atomic E-state index is 5.47. The minimum absolute atomic E-state index is 0.521. The van der Waals surface area contributed by atoms with Gasteiger partial charge in [0.2, 0.25) is 0 Å². The molecular weight excluding hydrogens is 212 g/mol. The molecule has 0 bridgehead atoms. The maximum Gasteiger partial charge on any atom is 0.0586 e. The lowest BCUT2D eigenvalue weighted by molar-refractivity contribution is 0.0992. The Morgan fingerprint density at radius 3 is 2.76 bits per heavy atom. The molecule has 0 radical (unpaired) electrons.